The Hall–Kier alpha value is -1.50. The lowest BCUT2D eigenvalue weighted by Gasteiger charge is -2.05. The first-order valence-corrected chi connectivity index (χ1v) is 9.40. The zero-order chi connectivity index (χ0) is 13.8. The molecule has 0 unspecified atom stereocenters. The smallest absolute Gasteiger partial charge is 0.328 e. The summed E-state index contributed by atoms with van der Waals surface area (Å²) in [5.41, 5.74) is 4.67. The Bertz CT molecular complexity index is 545. The molecule has 1 rings (SSSR count). The van der Waals surface area contributed by atoms with Gasteiger partial charge in [0, 0.05) is 22.2 Å². The maximum absolute atomic E-state index is 10.6. The molecule has 0 saturated carbocycles. The van der Waals surface area contributed by atoms with E-state index in [1.54, 1.807) is 6.07 Å². The van der Waals surface area contributed by atoms with E-state index >= 15 is 0 Å². The molecule has 18 heavy (non-hydrogen) atoms. The van der Waals surface area contributed by atoms with Crippen LogP contribution in [0.1, 0.15) is 11.1 Å². The molecular formula is C14H15ClO2Si. The molecule has 2 nitrogen and oxygen atoms in total. The lowest BCUT2D eigenvalue weighted by atomic mass is 10.1. The van der Waals surface area contributed by atoms with Crippen molar-refractivity contribution in [1.29, 1.82) is 0 Å². The van der Waals surface area contributed by atoms with Gasteiger partial charge in [0.2, 0.25) is 0 Å². The van der Waals surface area contributed by atoms with Gasteiger partial charge in [-0.1, -0.05) is 43.2 Å². The molecule has 0 aliphatic carbocycles. The van der Waals surface area contributed by atoms with Crippen molar-refractivity contribution in [2.75, 3.05) is 0 Å². The quantitative estimate of drug-likeness (QED) is 0.509. The molecular weight excluding hydrogens is 264 g/mol. The van der Waals surface area contributed by atoms with Crippen LogP contribution in [0.2, 0.25) is 24.7 Å². The fourth-order valence-corrected chi connectivity index (χ4v) is 1.97. The number of carboxylic acid groups (broad SMARTS) is 1. The Balaban J connectivity index is 3.23. The predicted octanol–water partition coefficient (Wildman–Crippen LogP) is 3.67. The summed E-state index contributed by atoms with van der Waals surface area (Å²) in [6, 6.07) is 5.39. The average molecular weight is 279 g/mol. The molecule has 0 atom stereocenters. The Morgan fingerprint density at radius 2 is 2.06 bits per heavy atom. The van der Waals surface area contributed by atoms with Crippen LogP contribution in [0.4, 0.5) is 0 Å². The van der Waals surface area contributed by atoms with Gasteiger partial charge >= 0.3 is 5.97 Å². The number of aliphatic carboxylic acids is 1. The highest BCUT2D eigenvalue weighted by Gasteiger charge is 2.08. The van der Waals surface area contributed by atoms with Gasteiger partial charge in [-0.25, -0.2) is 4.79 Å². The highest BCUT2D eigenvalue weighted by Crippen LogP contribution is 2.21. The van der Waals surface area contributed by atoms with Crippen LogP contribution in [0.15, 0.2) is 24.3 Å². The molecule has 0 aliphatic rings. The standard InChI is InChI=1S/C14H15ClO2Si/c1-18(2,3)10-9-11-5-4-6-13(15)12(11)7-8-14(16)17/h4-8H,1-3H3,(H,16,17)/b8-7+. The van der Waals surface area contributed by atoms with Crippen molar-refractivity contribution in [3.05, 3.63) is 40.4 Å². The van der Waals surface area contributed by atoms with Gasteiger partial charge in [-0.05, 0) is 18.2 Å². The van der Waals surface area contributed by atoms with Crippen molar-refractivity contribution in [2.24, 2.45) is 0 Å². The number of hydrogen-bond acceptors (Lipinski definition) is 1. The highest BCUT2D eigenvalue weighted by molar-refractivity contribution is 6.83. The topological polar surface area (TPSA) is 37.3 Å². The van der Waals surface area contributed by atoms with Crippen LogP contribution in [-0.4, -0.2) is 19.1 Å². The van der Waals surface area contributed by atoms with Gasteiger partial charge in [0.1, 0.15) is 8.07 Å². The van der Waals surface area contributed by atoms with Crippen molar-refractivity contribution >= 4 is 31.7 Å². The van der Waals surface area contributed by atoms with E-state index in [1.165, 1.54) is 6.08 Å². The zero-order valence-corrected chi connectivity index (χ0v) is 12.4. The minimum Gasteiger partial charge on any atom is -0.478 e. The summed E-state index contributed by atoms with van der Waals surface area (Å²) >= 11 is 6.06. The van der Waals surface area contributed by atoms with Crippen LogP contribution in [0.25, 0.3) is 6.08 Å². The maximum Gasteiger partial charge on any atom is 0.328 e. The molecule has 1 aromatic carbocycles. The van der Waals surface area contributed by atoms with E-state index in [4.69, 9.17) is 16.7 Å². The van der Waals surface area contributed by atoms with E-state index in [2.05, 4.69) is 31.1 Å². The van der Waals surface area contributed by atoms with Gasteiger partial charge in [0.15, 0.2) is 0 Å². The lowest BCUT2D eigenvalue weighted by molar-refractivity contribution is -0.131. The molecule has 94 valence electrons. The molecule has 4 heteroatoms. The first-order chi connectivity index (χ1) is 8.29. The van der Waals surface area contributed by atoms with E-state index in [0.29, 0.717) is 10.6 Å². The summed E-state index contributed by atoms with van der Waals surface area (Å²) in [6.45, 7) is 6.45. The number of carboxylic acids is 1. The summed E-state index contributed by atoms with van der Waals surface area (Å²) in [4.78, 5) is 10.6. The summed E-state index contributed by atoms with van der Waals surface area (Å²) in [7, 11) is -1.47. The predicted molar refractivity (Wildman–Crippen MR) is 78.3 cm³/mol. The number of halogens is 1. The molecule has 0 aromatic heterocycles. The fraction of sp³-hybridized carbons (Fsp3) is 0.214. The van der Waals surface area contributed by atoms with Crippen LogP contribution >= 0.6 is 11.6 Å². The third-order valence-corrected chi connectivity index (χ3v) is 3.22. The normalized spacial score (nSPS) is 11.1. The monoisotopic (exact) mass is 278 g/mol. The number of benzene rings is 1. The van der Waals surface area contributed by atoms with Gasteiger partial charge in [-0.3, -0.25) is 0 Å². The van der Waals surface area contributed by atoms with Crippen LogP contribution in [-0.2, 0) is 4.79 Å². The van der Waals surface area contributed by atoms with Gasteiger partial charge in [-0.2, -0.15) is 0 Å². The molecule has 0 saturated heterocycles. The largest absolute Gasteiger partial charge is 0.478 e. The van der Waals surface area contributed by atoms with E-state index in [9.17, 15) is 4.79 Å². The third-order valence-electron chi connectivity index (χ3n) is 2.02. The summed E-state index contributed by atoms with van der Waals surface area (Å²) in [6.07, 6.45) is 2.56. The summed E-state index contributed by atoms with van der Waals surface area (Å²) < 4.78 is 0. The number of hydrogen-bond donors (Lipinski definition) is 1. The second-order valence-corrected chi connectivity index (χ2v) is 10.0. The SMILES string of the molecule is C[Si](C)(C)C#Cc1cccc(Cl)c1/C=C/C(=O)O. The number of rotatable bonds is 2. The van der Waals surface area contributed by atoms with E-state index in [0.717, 1.165) is 11.6 Å². The molecule has 0 spiro atoms. The van der Waals surface area contributed by atoms with Crippen LogP contribution in [0, 0.1) is 11.5 Å². The lowest BCUT2D eigenvalue weighted by Crippen LogP contribution is -2.16. The van der Waals surface area contributed by atoms with E-state index < -0.39 is 14.0 Å². The Morgan fingerprint density at radius 3 is 2.61 bits per heavy atom. The molecule has 0 aliphatic heterocycles. The Kier molecular flexibility index (Phi) is 4.77. The van der Waals surface area contributed by atoms with Gasteiger partial charge in [0.05, 0.1) is 0 Å². The molecule has 0 fully saturated rings. The molecule has 1 aromatic rings. The second kappa shape index (κ2) is 5.90. The molecule has 0 bridgehead atoms. The number of carbonyl (C=O) groups is 1. The van der Waals surface area contributed by atoms with E-state index in [1.807, 2.05) is 12.1 Å². The molecule has 0 radical (unpaired) electrons. The van der Waals surface area contributed by atoms with Crippen molar-refractivity contribution in [1.82, 2.24) is 0 Å². The maximum atomic E-state index is 10.6. The van der Waals surface area contributed by atoms with Crippen LogP contribution in [0.3, 0.4) is 0 Å². The highest BCUT2D eigenvalue weighted by atomic mass is 35.5. The van der Waals surface area contributed by atoms with Crippen molar-refractivity contribution < 1.29 is 9.90 Å². The van der Waals surface area contributed by atoms with Crippen molar-refractivity contribution in [2.45, 2.75) is 19.6 Å². The minimum atomic E-state index is -1.47. The molecule has 0 heterocycles. The van der Waals surface area contributed by atoms with E-state index in [-0.39, 0.29) is 0 Å². The average Bonchev–Trinajstić information content (AvgIpc) is 2.23. The Labute approximate surface area is 113 Å². The van der Waals surface area contributed by atoms with Gasteiger partial charge in [0.25, 0.3) is 0 Å². The fourth-order valence-electron chi connectivity index (χ4n) is 1.22. The van der Waals surface area contributed by atoms with Gasteiger partial charge < -0.3 is 5.11 Å². The minimum absolute atomic E-state index is 0.509. The Morgan fingerprint density at radius 1 is 1.39 bits per heavy atom. The van der Waals surface area contributed by atoms with Crippen molar-refractivity contribution in [3.63, 3.8) is 0 Å². The first kappa shape index (κ1) is 14.6. The van der Waals surface area contributed by atoms with Crippen molar-refractivity contribution in [3.8, 4) is 11.5 Å². The van der Waals surface area contributed by atoms with Crippen LogP contribution < -0.4 is 0 Å². The molecule has 0 amide bonds. The zero-order valence-electron chi connectivity index (χ0n) is 10.6. The summed E-state index contributed by atoms with van der Waals surface area (Å²) in [5, 5.41) is 9.17. The summed E-state index contributed by atoms with van der Waals surface area (Å²) in [5.74, 6) is 2.10. The first-order valence-electron chi connectivity index (χ1n) is 5.52. The van der Waals surface area contributed by atoms with Gasteiger partial charge in [-0.15, -0.1) is 5.54 Å². The second-order valence-electron chi connectivity index (χ2n) is 4.87. The van der Waals surface area contributed by atoms with Crippen LogP contribution in [0.5, 0.6) is 0 Å². The third kappa shape index (κ3) is 4.78. The molecule has 1 N–H and O–H groups in total.